The van der Waals surface area contributed by atoms with Gasteiger partial charge < -0.3 is 14.8 Å². The Balaban J connectivity index is 2.26. The third kappa shape index (κ3) is 5.68. The summed E-state index contributed by atoms with van der Waals surface area (Å²) in [7, 11) is 0. The number of carbonyl (C=O) groups is 1. The molecule has 0 radical (unpaired) electrons. The first-order valence-corrected chi connectivity index (χ1v) is 10.5. The Morgan fingerprint density at radius 2 is 1.86 bits per heavy atom. The topological polar surface area (TPSA) is 60.5 Å². The highest BCUT2D eigenvalue weighted by atomic mass is 16.5. The van der Waals surface area contributed by atoms with E-state index in [1.54, 1.807) is 6.20 Å². The van der Waals surface area contributed by atoms with Crippen LogP contribution in [-0.4, -0.2) is 29.7 Å². The van der Waals surface area contributed by atoms with Gasteiger partial charge >= 0.3 is 0 Å². The van der Waals surface area contributed by atoms with Crippen LogP contribution in [0.25, 0.3) is 10.9 Å². The highest BCUT2D eigenvalue weighted by Crippen LogP contribution is 2.31. The quantitative estimate of drug-likeness (QED) is 0.473. The van der Waals surface area contributed by atoms with Crippen LogP contribution >= 0.6 is 0 Å². The van der Waals surface area contributed by atoms with Gasteiger partial charge in [0.25, 0.3) is 5.91 Å². The molecule has 0 bridgehead atoms. The summed E-state index contributed by atoms with van der Waals surface area (Å²) < 4.78 is 11.9. The van der Waals surface area contributed by atoms with Crippen molar-refractivity contribution in [2.75, 3.05) is 18.5 Å². The predicted octanol–water partition coefficient (Wildman–Crippen LogP) is 5.73. The van der Waals surface area contributed by atoms with Crippen molar-refractivity contribution in [2.24, 2.45) is 0 Å². The van der Waals surface area contributed by atoms with Gasteiger partial charge in [-0.15, -0.1) is 0 Å². The number of benzene rings is 1. The van der Waals surface area contributed by atoms with Crippen molar-refractivity contribution < 1.29 is 14.3 Å². The normalized spacial score (nSPS) is 13.3. The van der Waals surface area contributed by atoms with Crippen LogP contribution in [0.15, 0.2) is 30.5 Å². The minimum Gasteiger partial charge on any atom is -0.491 e. The maximum Gasteiger partial charge on any atom is 0.256 e. The number of carbonyl (C=O) groups excluding carboxylic acids is 1. The van der Waals surface area contributed by atoms with Crippen LogP contribution in [0, 0.1) is 0 Å². The van der Waals surface area contributed by atoms with Crippen molar-refractivity contribution in [2.45, 2.75) is 71.8 Å². The number of unbranched alkanes of at least 4 members (excludes halogenated alkanes) is 2. The lowest BCUT2D eigenvalue weighted by atomic mass is 9.97. The molecule has 1 atom stereocenters. The summed E-state index contributed by atoms with van der Waals surface area (Å²) in [5, 5.41) is 3.95. The van der Waals surface area contributed by atoms with Crippen molar-refractivity contribution >= 4 is 22.5 Å². The average Bonchev–Trinajstić information content (AvgIpc) is 2.72. The van der Waals surface area contributed by atoms with E-state index in [0.29, 0.717) is 19.6 Å². The maximum absolute atomic E-state index is 13.1. The van der Waals surface area contributed by atoms with E-state index < -0.39 is 5.60 Å². The zero-order valence-corrected chi connectivity index (χ0v) is 17.7. The Hall–Kier alpha value is -2.14. The van der Waals surface area contributed by atoms with E-state index in [1.807, 2.05) is 31.2 Å². The Labute approximate surface area is 168 Å². The van der Waals surface area contributed by atoms with Gasteiger partial charge in [-0.2, -0.15) is 0 Å². The number of hydrogen-bond donors (Lipinski definition) is 1. The zero-order valence-electron chi connectivity index (χ0n) is 17.7. The summed E-state index contributed by atoms with van der Waals surface area (Å²) in [6.07, 6.45) is 7.37. The summed E-state index contributed by atoms with van der Waals surface area (Å²) in [5.41, 5.74) is 0.663. The molecule has 5 heteroatoms. The third-order valence-corrected chi connectivity index (χ3v) is 4.85. The molecule has 0 fully saturated rings. The number of nitrogens with zero attached hydrogens (tertiary/aromatic N) is 1. The second kappa shape index (κ2) is 11.0. The predicted molar refractivity (Wildman–Crippen MR) is 115 cm³/mol. The van der Waals surface area contributed by atoms with Gasteiger partial charge in [-0.05, 0) is 50.5 Å². The zero-order chi connectivity index (χ0) is 20.4. The van der Waals surface area contributed by atoms with E-state index in [1.165, 1.54) is 0 Å². The number of hydrogen-bond acceptors (Lipinski definition) is 4. The number of rotatable bonds is 12. The highest BCUT2D eigenvalue weighted by Gasteiger charge is 2.33. The minimum atomic E-state index is -0.836. The van der Waals surface area contributed by atoms with Gasteiger partial charge in [-0.25, -0.2) is 0 Å². The van der Waals surface area contributed by atoms with Gasteiger partial charge in [0.1, 0.15) is 16.9 Å². The Morgan fingerprint density at radius 1 is 1.07 bits per heavy atom. The average molecular weight is 387 g/mol. The summed E-state index contributed by atoms with van der Waals surface area (Å²) in [4.78, 5) is 17.6. The van der Waals surface area contributed by atoms with E-state index in [9.17, 15) is 4.79 Å². The first-order valence-electron chi connectivity index (χ1n) is 10.5. The van der Waals surface area contributed by atoms with E-state index in [4.69, 9.17) is 9.47 Å². The van der Waals surface area contributed by atoms with Crippen LogP contribution in [0.3, 0.4) is 0 Å². The molecule has 0 spiro atoms. The Morgan fingerprint density at radius 3 is 2.57 bits per heavy atom. The summed E-state index contributed by atoms with van der Waals surface area (Å²) in [6, 6.07) is 7.61. The van der Waals surface area contributed by atoms with Crippen LogP contribution in [0.5, 0.6) is 5.75 Å². The van der Waals surface area contributed by atoms with E-state index in [0.717, 1.165) is 54.4 Å². The molecule has 2 aromatic rings. The molecule has 0 saturated carbocycles. The van der Waals surface area contributed by atoms with Gasteiger partial charge in [-0.1, -0.05) is 40.0 Å². The molecule has 2 rings (SSSR count). The van der Waals surface area contributed by atoms with Crippen LogP contribution < -0.4 is 10.1 Å². The molecule has 28 heavy (non-hydrogen) atoms. The molecule has 0 unspecified atom stereocenters. The smallest absolute Gasteiger partial charge is 0.256 e. The van der Waals surface area contributed by atoms with Gasteiger partial charge in [0.15, 0.2) is 0 Å². The molecule has 154 valence electrons. The fraction of sp³-hybridized carbons (Fsp3) is 0.565. The number of ether oxygens (including phenoxy) is 2. The van der Waals surface area contributed by atoms with E-state index >= 15 is 0 Å². The van der Waals surface area contributed by atoms with Gasteiger partial charge in [0.05, 0.1) is 12.3 Å². The number of anilines is 1. The largest absolute Gasteiger partial charge is 0.491 e. The number of amides is 1. The molecule has 0 aliphatic rings. The van der Waals surface area contributed by atoms with Crippen LogP contribution in [-0.2, 0) is 9.53 Å². The summed E-state index contributed by atoms with van der Waals surface area (Å²) in [5.74, 6) is 0.636. The fourth-order valence-electron chi connectivity index (χ4n) is 3.05. The summed E-state index contributed by atoms with van der Waals surface area (Å²) in [6.45, 7) is 9.42. The van der Waals surface area contributed by atoms with Crippen molar-refractivity contribution in [3.05, 3.63) is 30.5 Å². The number of fused-ring (bicyclic) bond motifs is 1. The molecule has 0 aliphatic heterocycles. The van der Waals surface area contributed by atoms with Gasteiger partial charge in [0.2, 0.25) is 0 Å². The standard InChI is InChI=1S/C23H34N2O3/c1-5-8-14-23(4,28-16-7-3)22(26)25-19-12-13-20(27-17-9-6-2)21-18(19)11-10-15-24-21/h10-13,15H,5-9,14,16-17H2,1-4H3,(H,25,26)/t23-/m0/s1. The van der Waals surface area contributed by atoms with Gasteiger partial charge in [0, 0.05) is 18.2 Å². The molecule has 0 saturated heterocycles. The molecule has 1 aromatic heterocycles. The SMILES string of the molecule is CCCCOc1ccc(NC(=O)[C@](C)(CCCC)OCCC)c2cccnc12. The minimum absolute atomic E-state index is 0.112. The molecular weight excluding hydrogens is 352 g/mol. The Kier molecular flexibility index (Phi) is 8.71. The number of aromatic nitrogens is 1. The molecule has 5 nitrogen and oxygen atoms in total. The second-order valence-electron chi connectivity index (χ2n) is 7.35. The Bertz CT molecular complexity index is 753. The molecule has 1 heterocycles. The third-order valence-electron chi connectivity index (χ3n) is 4.85. The number of nitrogens with one attached hydrogen (secondary N) is 1. The first-order chi connectivity index (χ1) is 13.6. The summed E-state index contributed by atoms with van der Waals surface area (Å²) >= 11 is 0. The lowest BCUT2D eigenvalue weighted by Gasteiger charge is -2.29. The number of pyridine rings is 1. The van der Waals surface area contributed by atoms with Crippen LogP contribution in [0.1, 0.15) is 66.2 Å². The fourth-order valence-corrected chi connectivity index (χ4v) is 3.05. The highest BCUT2D eigenvalue weighted by molar-refractivity contribution is 6.05. The lowest BCUT2D eigenvalue weighted by molar-refractivity contribution is -0.140. The second-order valence-corrected chi connectivity index (χ2v) is 7.35. The van der Waals surface area contributed by atoms with Crippen molar-refractivity contribution in [1.82, 2.24) is 4.98 Å². The van der Waals surface area contributed by atoms with Crippen molar-refractivity contribution in [3.8, 4) is 5.75 Å². The van der Waals surface area contributed by atoms with E-state index in [2.05, 4.69) is 31.1 Å². The first kappa shape index (κ1) is 22.2. The molecular formula is C23H34N2O3. The van der Waals surface area contributed by atoms with Crippen LogP contribution in [0.2, 0.25) is 0 Å². The molecule has 1 N–H and O–H groups in total. The molecule has 1 amide bonds. The van der Waals surface area contributed by atoms with Crippen molar-refractivity contribution in [3.63, 3.8) is 0 Å². The lowest BCUT2D eigenvalue weighted by Crippen LogP contribution is -2.43. The molecule has 1 aromatic carbocycles. The van der Waals surface area contributed by atoms with Gasteiger partial charge in [-0.3, -0.25) is 9.78 Å². The maximum atomic E-state index is 13.1. The monoisotopic (exact) mass is 386 g/mol. The van der Waals surface area contributed by atoms with Crippen molar-refractivity contribution in [1.29, 1.82) is 0 Å². The molecule has 0 aliphatic carbocycles. The van der Waals surface area contributed by atoms with Crippen LogP contribution in [0.4, 0.5) is 5.69 Å². The van der Waals surface area contributed by atoms with E-state index in [-0.39, 0.29) is 5.91 Å².